The van der Waals surface area contributed by atoms with Crippen LogP contribution < -0.4 is 5.32 Å². The van der Waals surface area contributed by atoms with Gasteiger partial charge in [-0.1, -0.05) is 6.92 Å². The maximum atomic E-state index is 9.71. The zero-order chi connectivity index (χ0) is 13.1. The summed E-state index contributed by atoms with van der Waals surface area (Å²) in [7, 11) is 3.31. The van der Waals surface area contributed by atoms with E-state index in [9.17, 15) is 5.11 Å². The van der Waals surface area contributed by atoms with Crippen LogP contribution >= 0.6 is 0 Å². The summed E-state index contributed by atoms with van der Waals surface area (Å²) in [6, 6.07) is 0.283. The fraction of sp³-hybridized carbons (Fsp3) is 1.00. The summed E-state index contributed by atoms with van der Waals surface area (Å²) in [5.41, 5.74) is 0. The van der Waals surface area contributed by atoms with E-state index in [1.54, 1.807) is 14.2 Å². The van der Waals surface area contributed by atoms with Gasteiger partial charge in [0.15, 0.2) is 0 Å². The monoisotopic (exact) mass is 249 g/mol. The average molecular weight is 249 g/mol. The molecular formula is C12H27NO4. The summed E-state index contributed by atoms with van der Waals surface area (Å²) in [6.07, 6.45) is 0.484. The van der Waals surface area contributed by atoms with Crippen molar-refractivity contribution in [3.63, 3.8) is 0 Å². The summed E-state index contributed by atoms with van der Waals surface area (Å²) in [6.45, 7) is 6.04. The van der Waals surface area contributed by atoms with E-state index in [1.165, 1.54) is 0 Å². The van der Waals surface area contributed by atoms with Gasteiger partial charge in [-0.15, -0.1) is 0 Å². The van der Waals surface area contributed by atoms with Gasteiger partial charge in [-0.05, 0) is 13.3 Å². The molecule has 2 N–H and O–H groups in total. The largest absolute Gasteiger partial charge is 0.389 e. The number of rotatable bonds is 11. The number of aliphatic hydroxyl groups excluding tert-OH is 1. The van der Waals surface area contributed by atoms with Crippen LogP contribution in [0, 0.1) is 0 Å². The number of hydrogen-bond acceptors (Lipinski definition) is 5. The van der Waals surface area contributed by atoms with Gasteiger partial charge in [0.2, 0.25) is 0 Å². The van der Waals surface area contributed by atoms with E-state index in [4.69, 9.17) is 14.2 Å². The quantitative estimate of drug-likeness (QED) is 0.555. The standard InChI is InChI=1S/C12H27NO4/c1-5-11(8-16-4)13-6-12(14)9-17-10(2)7-15-3/h10-14H,5-9H2,1-4H3. The zero-order valence-corrected chi connectivity index (χ0v) is 11.4. The SMILES string of the molecule is CCC(COC)NCC(O)COC(C)COC. The van der Waals surface area contributed by atoms with Gasteiger partial charge in [0.25, 0.3) is 0 Å². The number of nitrogens with one attached hydrogen (secondary N) is 1. The fourth-order valence-corrected chi connectivity index (χ4v) is 1.44. The molecule has 0 spiro atoms. The third kappa shape index (κ3) is 9.50. The van der Waals surface area contributed by atoms with Crippen molar-refractivity contribution in [2.45, 2.75) is 38.5 Å². The van der Waals surface area contributed by atoms with Crippen LogP contribution in [0.25, 0.3) is 0 Å². The molecule has 0 rings (SSSR count). The fourth-order valence-electron chi connectivity index (χ4n) is 1.44. The van der Waals surface area contributed by atoms with Gasteiger partial charge in [0.05, 0.1) is 32.0 Å². The van der Waals surface area contributed by atoms with Gasteiger partial charge >= 0.3 is 0 Å². The van der Waals surface area contributed by atoms with E-state index in [-0.39, 0.29) is 12.1 Å². The third-order valence-electron chi connectivity index (χ3n) is 2.48. The average Bonchev–Trinajstić information content (AvgIpc) is 2.32. The number of aliphatic hydroxyl groups is 1. The first-order valence-electron chi connectivity index (χ1n) is 6.14. The van der Waals surface area contributed by atoms with Crippen molar-refractivity contribution >= 4 is 0 Å². The number of ether oxygens (including phenoxy) is 3. The smallest absolute Gasteiger partial charge is 0.0897 e. The first-order valence-corrected chi connectivity index (χ1v) is 6.14. The lowest BCUT2D eigenvalue weighted by Gasteiger charge is -2.20. The lowest BCUT2D eigenvalue weighted by atomic mass is 10.2. The Morgan fingerprint density at radius 1 is 1.12 bits per heavy atom. The van der Waals surface area contributed by atoms with Gasteiger partial charge in [-0.25, -0.2) is 0 Å². The molecule has 0 radical (unpaired) electrons. The molecule has 0 aromatic heterocycles. The second-order valence-corrected chi connectivity index (χ2v) is 4.22. The molecule has 17 heavy (non-hydrogen) atoms. The molecule has 0 aliphatic carbocycles. The number of methoxy groups -OCH3 is 2. The Balaban J connectivity index is 3.60. The lowest BCUT2D eigenvalue weighted by Crippen LogP contribution is -2.40. The van der Waals surface area contributed by atoms with Crippen molar-refractivity contribution in [3.8, 4) is 0 Å². The number of hydrogen-bond donors (Lipinski definition) is 2. The molecular weight excluding hydrogens is 222 g/mol. The molecule has 104 valence electrons. The molecule has 0 heterocycles. The second kappa shape index (κ2) is 10.9. The molecule has 3 unspecified atom stereocenters. The summed E-state index contributed by atoms with van der Waals surface area (Å²) >= 11 is 0. The van der Waals surface area contributed by atoms with Gasteiger partial charge in [-0.3, -0.25) is 0 Å². The van der Waals surface area contributed by atoms with E-state index < -0.39 is 6.10 Å². The van der Waals surface area contributed by atoms with Crippen LogP contribution in [-0.2, 0) is 14.2 Å². The Morgan fingerprint density at radius 3 is 2.29 bits per heavy atom. The molecule has 0 fully saturated rings. The molecule has 0 aliphatic rings. The molecule has 0 amide bonds. The van der Waals surface area contributed by atoms with Crippen LogP contribution in [0.3, 0.4) is 0 Å². The van der Waals surface area contributed by atoms with Crippen LogP contribution in [0.5, 0.6) is 0 Å². The maximum absolute atomic E-state index is 9.71. The highest BCUT2D eigenvalue weighted by molar-refractivity contribution is 4.67. The Morgan fingerprint density at radius 2 is 1.76 bits per heavy atom. The van der Waals surface area contributed by atoms with E-state index in [1.807, 2.05) is 6.92 Å². The predicted molar refractivity (Wildman–Crippen MR) is 67.3 cm³/mol. The van der Waals surface area contributed by atoms with Crippen LogP contribution in [-0.4, -0.2) is 63.9 Å². The highest BCUT2D eigenvalue weighted by Gasteiger charge is 2.11. The van der Waals surface area contributed by atoms with Crippen molar-refractivity contribution in [2.24, 2.45) is 0 Å². The molecule has 0 saturated heterocycles. The van der Waals surface area contributed by atoms with Crippen LogP contribution in [0.2, 0.25) is 0 Å². The minimum atomic E-state index is -0.500. The minimum absolute atomic E-state index is 0.00981. The van der Waals surface area contributed by atoms with E-state index >= 15 is 0 Å². The van der Waals surface area contributed by atoms with Crippen molar-refractivity contribution < 1.29 is 19.3 Å². The van der Waals surface area contributed by atoms with Crippen LogP contribution in [0.1, 0.15) is 20.3 Å². The van der Waals surface area contributed by atoms with E-state index in [0.29, 0.717) is 26.4 Å². The van der Waals surface area contributed by atoms with Crippen LogP contribution in [0.15, 0.2) is 0 Å². The summed E-state index contributed by atoms with van der Waals surface area (Å²) in [4.78, 5) is 0. The Hall–Kier alpha value is -0.200. The predicted octanol–water partition coefficient (Wildman–Crippen LogP) is 0.413. The molecule has 0 aliphatic heterocycles. The van der Waals surface area contributed by atoms with Crippen molar-refractivity contribution in [1.29, 1.82) is 0 Å². The van der Waals surface area contributed by atoms with Gasteiger partial charge in [0, 0.05) is 26.8 Å². The second-order valence-electron chi connectivity index (χ2n) is 4.22. The van der Waals surface area contributed by atoms with Crippen molar-refractivity contribution in [1.82, 2.24) is 5.32 Å². The summed E-state index contributed by atoms with van der Waals surface area (Å²) in [5, 5.41) is 12.9. The summed E-state index contributed by atoms with van der Waals surface area (Å²) in [5.74, 6) is 0. The topological polar surface area (TPSA) is 60.0 Å². The van der Waals surface area contributed by atoms with Crippen molar-refractivity contribution in [2.75, 3.05) is 40.6 Å². The van der Waals surface area contributed by atoms with E-state index in [0.717, 1.165) is 6.42 Å². The van der Waals surface area contributed by atoms with Gasteiger partial charge in [0.1, 0.15) is 0 Å². The lowest BCUT2D eigenvalue weighted by molar-refractivity contribution is -0.0320. The third-order valence-corrected chi connectivity index (χ3v) is 2.48. The molecule has 5 nitrogen and oxygen atoms in total. The van der Waals surface area contributed by atoms with Gasteiger partial charge in [-0.2, -0.15) is 0 Å². The highest BCUT2D eigenvalue weighted by atomic mass is 16.5. The summed E-state index contributed by atoms with van der Waals surface area (Å²) < 4.78 is 15.4. The zero-order valence-electron chi connectivity index (χ0n) is 11.4. The molecule has 0 aromatic carbocycles. The first-order chi connectivity index (χ1) is 8.13. The van der Waals surface area contributed by atoms with Crippen LogP contribution in [0.4, 0.5) is 0 Å². The minimum Gasteiger partial charge on any atom is -0.389 e. The molecule has 0 saturated carbocycles. The Kier molecular flexibility index (Phi) is 10.8. The van der Waals surface area contributed by atoms with Gasteiger partial charge < -0.3 is 24.6 Å². The molecule has 3 atom stereocenters. The molecule has 0 aromatic rings. The Bertz CT molecular complexity index is 169. The highest BCUT2D eigenvalue weighted by Crippen LogP contribution is 1.96. The van der Waals surface area contributed by atoms with E-state index in [2.05, 4.69) is 12.2 Å². The molecule has 0 bridgehead atoms. The maximum Gasteiger partial charge on any atom is 0.0897 e. The Labute approximate surface area is 104 Å². The molecule has 5 heteroatoms. The normalized spacial score (nSPS) is 16.8. The van der Waals surface area contributed by atoms with Crippen molar-refractivity contribution in [3.05, 3.63) is 0 Å². The first kappa shape index (κ1) is 16.8.